The molecule has 2 atom stereocenters. The predicted octanol–water partition coefficient (Wildman–Crippen LogP) is 1.03. The van der Waals surface area contributed by atoms with Crippen molar-refractivity contribution in [3.63, 3.8) is 0 Å². The molecule has 0 aromatic heterocycles. The van der Waals surface area contributed by atoms with E-state index in [0.717, 1.165) is 5.56 Å². The molecule has 1 saturated heterocycles. The van der Waals surface area contributed by atoms with Crippen molar-refractivity contribution in [3.05, 3.63) is 29.8 Å². The summed E-state index contributed by atoms with van der Waals surface area (Å²) in [6.45, 7) is 3.09. The highest BCUT2D eigenvalue weighted by Crippen LogP contribution is 2.21. The fraction of sp³-hybridized carbons (Fsp3) is 0.533. The van der Waals surface area contributed by atoms with Crippen molar-refractivity contribution in [2.75, 3.05) is 25.5 Å². The van der Waals surface area contributed by atoms with Gasteiger partial charge in [0.05, 0.1) is 6.61 Å². The Bertz CT molecular complexity index is 453. The molecule has 0 aliphatic carbocycles. The normalized spacial score (nSPS) is 23.5. The van der Waals surface area contributed by atoms with Gasteiger partial charge in [0.15, 0.2) is 0 Å². The first-order chi connectivity index (χ1) is 9.48. The van der Waals surface area contributed by atoms with Crippen LogP contribution >= 0.6 is 0 Å². The third-order valence-electron chi connectivity index (χ3n) is 3.69. The molecule has 0 saturated carbocycles. The predicted molar refractivity (Wildman–Crippen MR) is 77.3 cm³/mol. The van der Waals surface area contributed by atoms with Crippen LogP contribution in [0.1, 0.15) is 31.2 Å². The maximum atomic E-state index is 11.9. The van der Waals surface area contributed by atoms with Gasteiger partial charge in [0.25, 0.3) is 0 Å². The number of carbonyl (C=O) groups excluding carboxylic acids is 1. The van der Waals surface area contributed by atoms with Crippen LogP contribution in [0.15, 0.2) is 24.3 Å². The minimum atomic E-state index is -0.903. The summed E-state index contributed by atoms with van der Waals surface area (Å²) in [7, 11) is 0. The zero-order chi connectivity index (χ0) is 14.6. The van der Waals surface area contributed by atoms with E-state index in [1.165, 1.54) is 0 Å². The zero-order valence-corrected chi connectivity index (χ0v) is 11.8. The Morgan fingerprint density at radius 1 is 1.50 bits per heavy atom. The van der Waals surface area contributed by atoms with Crippen LogP contribution < -0.4 is 11.1 Å². The number of benzene rings is 1. The van der Waals surface area contributed by atoms with E-state index in [4.69, 9.17) is 10.5 Å². The van der Waals surface area contributed by atoms with Crippen molar-refractivity contribution in [2.45, 2.75) is 31.3 Å². The smallest absolute Gasteiger partial charge is 0.220 e. The Hall–Kier alpha value is -1.59. The summed E-state index contributed by atoms with van der Waals surface area (Å²) in [6.07, 6.45) is 0.960. The van der Waals surface area contributed by atoms with Crippen molar-refractivity contribution >= 4 is 11.6 Å². The number of amides is 1. The molecule has 5 heteroatoms. The van der Waals surface area contributed by atoms with Crippen LogP contribution in [-0.2, 0) is 9.53 Å². The average molecular weight is 278 g/mol. The molecule has 1 fully saturated rings. The molecule has 0 radical (unpaired) electrons. The first kappa shape index (κ1) is 14.8. The largest absolute Gasteiger partial charge is 0.399 e. The number of carbonyl (C=O) groups is 1. The summed E-state index contributed by atoms with van der Waals surface area (Å²) >= 11 is 0. The molecule has 1 amide bonds. The lowest BCUT2D eigenvalue weighted by Gasteiger charge is -2.21. The van der Waals surface area contributed by atoms with Crippen molar-refractivity contribution in [3.8, 4) is 0 Å². The maximum Gasteiger partial charge on any atom is 0.220 e. The van der Waals surface area contributed by atoms with Crippen LogP contribution in [0.2, 0.25) is 0 Å². The van der Waals surface area contributed by atoms with Gasteiger partial charge in [-0.2, -0.15) is 0 Å². The lowest BCUT2D eigenvalue weighted by Crippen LogP contribution is -2.43. The summed E-state index contributed by atoms with van der Waals surface area (Å²) in [5.74, 6) is 0.0553. The highest BCUT2D eigenvalue weighted by Gasteiger charge is 2.32. The lowest BCUT2D eigenvalue weighted by atomic mass is 9.97. The quantitative estimate of drug-likeness (QED) is 0.702. The Morgan fingerprint density at radius 2 is 2.20 bits per heavy atom. The number of anilines is 1. The third kappa shape index (κ3) is 3.95. The third-order valence-corrected chi connectivity index (χ3v) is 3.69. The van der Waals surface area contributed by atoms with E-state index >= 15 is 0 Å². The molecule has 1 aromatic carbocycles. The number of hydrogen-bond donors (Lipinski definition) is 3. The lowest BCUT2D eigenvalue weighted by molar-refractivity contribution is -0.122. The Morgan fingerprint density at radius 3 is 2.80 bits per heavy atom. The van der Waals surface area contributed by atoms with Gasteiger partial charge in [-0.25, -0.2) is 0 Å². The second kappa shape index (κ2) is 6.24. The number of nitrogens with two attached hydrogens (primary N) is 1. The van der Waals surface area contributed by atoms with Crippen molar-refractivity contribution in [1.29, 1.82) is 0 Å². The van der Waals surface area contributed by atoms with Gasteiger partial charge in [0.2, 0.25) is 5.91 Å². The van der Waals surface area contributed by atoms with Gasteiger partial charge in [-0.1, -0.05) is 19.1 Å². The van der Waals surface area contributed by atoms with E-state index in [1.54, 1.807) is 0 Å². The molecule has 2 rings (SSSR count). The van der Waals surface area contributed by atoms with Crippen molar-refractivity contribution in [1.82, 2.24) is 5.32 Å². The SMILES string of the molecule is CC(CC(=O)NCC1(O)CCOC1)c1ccc(N)cc1. The molecule has 2 unspecified atom stereocenters. The van der Waals surface area contributed by atoms with Gasteiger partial charge in [-0.15, -0.1) is 0 Å². The number of rotatable bonds is 5. The summed E-state index contributed by atoms with van der Waals surface area (Å²) in [6, 6.07) is 7.54. The Balaban J connectivity index is 1.80. The fourth-order valence-corrected chi connectivity index (χ4v) is 2.29. The fourth-order valence-electron chi connectivity index (χ4n) is 2.29. The number of nitrogens with one attached hydrogen (secondary N) is 1. The molecule has 4 N–H and O–H groups in total. The highest BCUT2D eigenvalue weighted by atomic mass is 16.5. The van der Waals surface area contributed by atoms with Crippen LogP contribution in [0.25, 0.3) is 0 Å². The molecule has 110 valence electrons. The van der Waals surface area contributed by atoms with Gasteiger partial charge >= 0.3 is 0 Å². The zero-order valence-electron chi connectivity index (χ0n) is 11.8. The van der Waals surface area contributed by atoms with Gasteiger partial charge in [-0.3, -0.25) is 4.79 Å². The van der Waals surface area contributed by atoms with E-state index in [9.17, 15) is 9.90 Å². The number of hydrogen-bond acceptors (Lipinski definition) is 4. The topological polar surface area (TPSA) is 84.6 Å². The molecule has 0 bridgehead atoms. The van der Waals surface area contributed by atoms with Crippen LogP contribution in [0, 0.1) is 0 Å². The molecule has 1 aliphatic heterocycles. The molecule has 1 aliphatic rings. The second-order valence-electron chi connectivity index (χ2n) is 5.58. The number of aliphatic hydroxyl groups is 1. The van der Waals surface area contributed by atoms with Gasteiger partial charge < -0.3 is 20.9 Å². The van der Waals surface area contributed by atoms with E-state index in [0.29, 0.717) is 31.7 Å². The molecule has 0 spiro atoms. The minimum absolute atomic E-state index is 0.0605. The Labute approximate surface area is 119 Å². The number of ether oxygens (including phenoxy) is 1. The first-order valence-corrected chi connectivity index (χ1v) is 6.91. The molecular weight excluding hydrogens is 256 g/mol. The highest BCUT2D eigenvalue weighted by molar-refractivity contribution is 5.76. The molecule has 5 nitrogen and oxygen atoms in total. The second-order valence-corrected chi connectivity index (χ2v) is 5.58. The van der Waals surface area contributed by atoms with Gasteiger partial charge in [0, 0.05) is 31.7 Å². The average Bonchev–Trinajstić information content (AvgIpc) is 2.85. The van der Waals surface area contributed by atoms with Crippen molar-refractivity contribution < 1.29 is 14.6 Å². The van der Waals surface area contributed by atoms with Gasteiger partial charge in [0.1, 0.15) is 5.60 Å². The first-order valence-electron chi connectivity index (χ1n) is 6.91. The van der Waals surface area contributed by atoms with E-state index in [-0.39, 0.29) is 18.4 Å². The standard InChI is InChI=1S/C15H22N2O3/c1-11(12-2-4-13(16)5-3-12)8-14(18)17-9-15(19)6-7-20-10-15/h2-5,11,19H,6-10,16H2,1H3,(H,17,18). The summed E-state index contributed by atoms with van der Waals surface area (Å²) < 4.78 is 5.14. The van der Waals surface area contributed by atoms with Crippen LogP contribution in [0.3, 0.4) is 0 Å². The molecular formula is C15H22N2O3. The molecule has 1 aromatic rings. The van der Waals surface area contributed by atoms with E-state index in [2.05, 4.69) is 5.32 Å². The number of nitrogen functional groups attached to an aromatic ring is 1. The maximum absolute atomic E-state index is 11.9. The summed E-state index contributed by atoms with van der Waals surface area (Å²) in [4.78, 5) is 11.9. The summed E-state index contributed by atoms with van der Waals surface area (Å²) in [5.41, 5.74) is 6.54. The Kier molecular flexibility index (Phi) is 4.62. The van der Waals surface area contributed by atoms with Crippen molar-refractivity contribution in [2.24, 2.45) is 0 Å². The molecule has 1 heterocycles. The van der Waals surface area contributed by atoms with Gasteiger partial charge in [-0.05, 0) is 23.6 Å². The van der Waals surface area contributed by atoms with E-state index < -0.39 is 5.60 Å². The van der Waals surface area contributed by atoms with Crippen LogP contribution in [0.4, 0.5) is 5.69 Å². The van der Waals surface area contributed by atoms with Crippen LogP contribution in [-0.4, -0.2) is 36.4 Å². The van der Waals surface area contributed by atoms with E-state index in [1.807, 2.05) is 31.2 Å². The minimum Gasteiger partial charge on any atom is -0.399 e. The van der Waals surface area contributed by atoms with Crippen LogP contribution in [0.5, 0.6) is 0 Å². The monoisotopic (exact) mass is 278 g/mol. The summed E-state index contributed by atoms with van der Waals surface area (Å²) in [5, 5.41) is 12.9. The molecule has 20 heavy (non-hydrogen) atoms.